The summed E-state index contributed by atoms with van der Waals surface area (Å²) in [6.45, 7) is 5.09. The van der Waals surface area contributed by atoms with E-state index in [0.29, 0.717) is 6.04 Å². The first-order valence-electron chi connectivity index (χ1n) is 6.30. The van der Waals surface area contributed by atoms with Crippen LogP contribution >= 0.6 is 27.5 Å². The Morgan fingerprint density at radius 2 is 1.84 bits per heavy atom. The summed E-state index contributed by atoms with van der Waals surface area (Å²) in [6, 6.07) is 14.8. The molecule has 0 saturated heterocycles. The Hall–Kier alpha value is -0.830. The molecule has 0 fully saturated rings. The molecule has 0 saturated carbocycles. The number of benzene rings is 2. The monoisotopic (exact) mass is 337 g/mol. The Morgan fingerprint density at radius 1 is 1.16 bits per heavy atom. The van der Waals surface area contributed by atoms with E-state index in [0.717, 1.165) is 16.0 Å². The van der Waals surface area contributed by atoms with E-state index in [4.69, 9.17) is 11.6 Å². The molecule has 1 N–H and O–H groups in total. The first-order chi connectivity index (χ1) is 9.06. The second kappa shape index (κ2) is 6.56. The average Bonchev–Trinajstić information content (AvgIpc) is 2.38. The third-order valence-corrected chi connectivity index (χ3v) is 4.16. The zero-order valence-electron chi connectivity index (χ0n) is 11.1. The molecule has 2 aromatic carbocycles. The number of hydrogen-bond acceptors (Lipinski definition) is 1. The van der Waals surface area contributed by atoms with Crippen molar-refractivity contribution < 1.29 is 0 Å². The molecular weight excluding hydrogens is 322 g/mol. The lowest BCUT2D eigenvalue weighted by Crippen LogP contribution is -2.18. The molecule has 0 aromatic heterocycles. The van der Waals surface area contributed by atoms with E-state index in [1.807, 2.05) is 18.2 Å². The average molecular weight is 339 g/mol. The fourth-order valence-electron chi connectivity index (χ4n) is 1.90. The maximum absolute atomic E-state index is 5.94. The van der Waals surface area contributed by atoms with Crippen molar-refractivity contribution in [2.24, 2.45) is 0 Å². The van der Waals surface area contributed by atoms with Crippen LogP contribution in [0.1, 0.15) is 29.7 Å². The highest BCUT2D eigenvalue weighted by atomic mass is 79.9. The van der Waals surface area contributed by atoms with Gasteiger partial charge in [-0.3, -0.25) is 0 Å². The van der Waals surface area contributed by atoms with Gasteiger partial charge in [0, 0.05) is 22.1 Å². The quantitative estimate of drug-likeness (QED) is 0.801. The van der Waals surface area contributed by atoms with Gasteiger partial charge in [-0.25, -0.2) is 0 Å². The predicted molar refractivity (Wildman–Crippen MR) is 85.6 cm³/mol. The molecule has 3 heteroatoms. The van der Waals surface area contributed by atoms with Crippen molar-refractivity contribution in [1.29, 1.82) is 0 Å². The summed E-state index contributed by atoms with van der Waals surface area (Å²) >= 11 is 9.48. The van der Waals surface area contributed by atoms with E-state index in [9.17, 15) is 0 Å². The number of rotatable bonds is 4. The van der Waals surface area contributed by atoms with Crippen LogP contribution in [-0.4, -0.2) is 0 Å². The lowest BCUT2D eigenvalue weighted by Gasteiger charge is -2.15. The minimum absolute atomic E-state index is 0.322. The standard InChI is InChI=1S/C16H17BrClN/c1-11-3-5-13(6-4-11)12(2)19-10-14-7-8-15(18)9-16(14)17/h3-9,12,19H,10H2,1-2H3/t12-/m0/s1. The summed E-state index contributed by atoms with van der Waals surface area (Å²) in [7, 11) is 0. The maximum atomic E-state index is 5.94. The Morgan fingerprint density at radius 3 is 2.47 bits per heavy atom. The largest absolute Gasteiger partial charge is 0.306 e. The molecule has 0 radical (unpaired) electrons. The van der Waals surface area contributed by atoms with Crippen molar-refractivity contribution in [3.05, 3.63) is 68.7 Å². The van der Waals surface area contributed by atoms with Crippen LogP contribution in [0.15, 0.2) is 46.9 Å². The highest BCUT2D eigenvalue weighted by Crippen LogP contribution is 2.22. The van der Waals surface area contributed by atoms with Gasteiger partial charge < -0.3 is 5.32 Å². The smallest absolute Gasteiger partial charge is 0.0417 e. The minimum Gasteiger partial charge on any atom is -0.306 e. The summed E-state index contributed by atoms with van der Waals surface area (Å²) in [5.41, 5.74) is 3.80. The van der Waals surface area contributed by atoms with Gasteiger partial charge in [-0.05, 0) is 37.1 Å². The zero-order valence-corrected chi connectivity index (χ0v) is 13.4. The fraction of sp³-hybridized carbons (Fsp3) is 0.250. The van der Waals surface area contributed by atoms with Crippen LogP contribution in [0.2, 0.25) is 5.02 Å². The Kier molecular flexibility index (Phi) is 5.03. The molecule has 2 rings (SSSR count). The highest BCUT2D eigenvalue weighted by Gasteiger charge is 2.06. The molecule has 0 amide bonds. The molecule has 2 aromatic rings. The van der Waals surface area contributed by atoms with Gasteiger partial charge in [0.15, 0.2) is 0 Å². The van der Waals surface area contributed by atoms with Gasteiger partial charge in [0.05, 0.1) is 0 Å². The first kappa shape index (κ1) is 14.6. The van der Waals surface area contributed by atoms with Gasteiger partial charge in [0.2, 0.25) is 0 Å². The molecule has 100 valence electrons. The number of nitrogens with one attached hydrogen (secondary N) is 1. The molecule has 0 spiro atoms. The second-order valence-corrected chi connectivity index (χ2v) is 6.04. The zero-order chi connectivity index (χ0) is 13.8. The van der Waals surface area contributed by atoms with Gasteiger partial charge in [-0.1, -0.05) is 63.4 Å². The topological polar surface area (TPSA) is 12.0 Å². The summed E-state index contributed by atoms with van der Waals surface area (Å²) in [4.78, 5) is 0. The van der Waals surface area contributed by atoms with Crippen LogP contribution in [0.4, 0.5) is 0 Å². The van der Waals surface area contributed by atoms with Crippen LogP contribution in [0.5, 0.6) is 0 Å². The summed E-state index contributed by atoms with van der Waals surface area (Å²) < 4.78 is 1.05. The summed E-state index contributed by atoms with van der Waals surface area (Å²) in [5.74, 6) is 0. The molecule has 0 bridgehead atoms. The van der Waals surface area contributed by atoms with Crippen molar-refractivity contribution in [2.75, 3.05) is 0 Å². The molecule has 0 aliphatic rings. The predicted octanol–water partition coefficient (Wildman–Crippen LogP) is 5.26. The Bertz CT molecular complexity index is 551. The second-order valence-electron chi connectivity index (χ2n) is 4.75. The number of halogens is 2. The van der Waals surface area contributed by atoms with E-state index in [1.165, 1.54) is 16.7 Å². The van der Waals surface area contributed by atoms with Crippen molar-refractivity contribution in [2.45, 2.75) is 26.4 Å². The van der Waals surface area contributed by atoms with Crippen molar-refractivity contribution in [3.63, 3.8) is 0 Å². The van der Waals surface area contributed by atoms with Gasteiger partial charge in [0.25, 0.3) is 0 Å². The van der Waals surface area contributed by atoms with Gasteiger partial charge in [-0.15, -0.1) is 0 Å². The fourth-order valence-corrected chi connectivity index (χ4v) is 2.72. The molecule has 0 aliphatic carbocycles. The summed E-state index contributed by atoms with van der Waals surface area (Å²) in [5, 5.41) is 4.27. The van der Waals surface area contributed by atoms with Gasteiger partial charge in [0.1, 0.15) is 0 Å². The number of aryl methyl sites for hydroxylation is 1. The lowest BCUT2D eigenvalue weighted by molar-refractivity contribution is 0.573. The third kappa shape index (κ3) is 4.07. The Labute approximate surface area is 128 Å². The summed E-state index contributed by atoms with van der Waals surface area (Å²) in [6.07, 6.45) is 0. The van der Waals surface area contributed by atoms with Crippen molar-refractivity contribution in [1.82, 2.24) is 5.32 Å². The highest BCUT2D eigenvalue weighted by molar-refractivity contribution is 9.10. The van der Waals surface area contributed by atoms with E-state index in [2.05, 4.69) is 59.4 Å². The van der Waals surface area contributed by atoms with E-state index in [-0.39, 0.29) is 0 Å². The molecule has 0 heterocycles. The van der Waals surface area contributed by atoms with Crippen LogP contribution in [0.25, 0.3) is 0 Å². The molecule has 0 aliphatic heterocycles. The Balaban J connectivity index is 2.00. The van der Waals surface area contributed by atoms with Crippen LogP contribution in [0, 0.1) is 6.92 Å². The third-order valence-electron chi connectivity index (χ3n) is 3.19. The number of hydrogen-bond donors (Lipinski definition) is 1. The normalized spacial score (nSPS) is 12.4. The van der Waals surface area contributed by atoms with E-state index in [1.54, 1.807) is 0 Å². The van der Waals surface area contributed by atoms with Crippen LogP contribution in [-0.2, 0) is 6.54 Å². The molecule has 0 unspecified atom stereocenters. The molecule has 1 atom stereocenters. The first-order valence-corrected chi connectivity index (χ1v) is 7.47. The SMILES string of the molecule is Cc1ccc([C@H](C)NCc2ccc(Cl)cc2Br)cc1. The van der Waals surface area contributed by atoms with Gasteiger partial charge in [-0.2, -0.15) is 0 Å². The lowest BCUT2D eigenvalue weighted by atomic mass is 10.1. The van der Waals surface area contributed by atoms with E-state index < -0.39 is 0 Å². The van der Waals surface area contributed by atoms with Crippen LogP contribution in [0.3, 0.4) is 0 Å². The van der Waals surface area contributed by atoms with Crippen LogP contribution < -0.4 is 5.32 Å². The van der Waals surface area contributed by atoms with Crippen molar-refractivity contribution >= 4 is 27.5 Å². The van der Waals surface area contributed by atoms with Gasteiger partial charge >= 0.3 is 0 Å². The van der Waals surface area contributed by atoms with E-state index >= 15 is 0 Å². The maximum Gasteiger partial charge on any atom is 0.0417 e. The van der Waals surface area contributed by atoms with Crippen molar-refractivity contribution in [3.8, 4) is 0 Å². The molecule has 19 heavy (non-hydrogen) atoms. The minimum atomic E-state index is 0.322. The molecular formula is C16H17BrClN. The molecule has 1 nitrogen and oxygen atoms in total.